The Kier molecular flexibility index (Phi) is 16.9. The van der Waals surface area contributed by atoms with Gasteiger partial charge in [-0.25, -0.2) is 137 Å². The first kappa shape index (κ1) is 57.4. The first-order valence-corrected chi connectivity index (χ1v) is 21.3. The lowest BCUT2D eigenvalue weighted by molar-refractivity contribution is 0.380. The van der Waals surface area contributed by atoms with Crippen molar-refractivity contribution in [1.82, 2.24) is 9.97 Å². The summed E-state index contributed by atoms with van der Waals surface area (Å²) >= 11 is -11.9. The van der Waals surface area contributed by atoms with Crippen molar-refractivity contribution < 1.29 is 132 Å². The van der Waals surface area contributed by atoms with Gasteiger partial charge in [-0.3, -0.25) is 0 Å². The molecule has 2 nitrogen and oxygen atoms in total. The van der Waals surface area contributed by atoms with Crippen LogP contribution in [0.3, 0.4) is 0 Å². The van der Waals surface area contributed by atoms with Crippen LogP contribution in [0.2, 0.25) is 0 Å². The number of hydrogen-bond donors (Lipinski definition) is 1. The van der Waals surface area contributed by atoms with Crippen molar-refractivity contribution in [3.8, 4) is 0 Å². The maximum Gasteiger partial charge on any atom is 0.413 e. The number of nitrogens with one attached hydrogen (secondary N) is 1. The van der Waals surface area contributed by atoms with Crippen molar-refractivity contribution in [2.24, 2.45) is 0 Å². The summed E-state index contributed by atoms with van der Waals surface area (Å²) in [4.78, 5) is 6.42. The van der Waals surface area contributed by atoms with E-state index in [0.717, 1.165) is 0 Å². The minimum absolute atomic E-state index is 1.62. The first-order valence-electron chi connectivity index (χ1n) is 17.8. The molecule has 0 aliphatic rings. The van der Waals surface area contributed by atoms with Crippen molar-refractivity contribution in [2.45, 2.75) is 0 Å². The Morgan fingerprint density at radius 2 is 0.329 bits per heavy atom. The summed E-state index contributed by atoms with van der Waals surface area (Å²) in [5.74, 6) is -89.2. The molecule has 1 heterocycles. The van der Waals surface area contributed by atoms with Crippen LogP contribution in [0.5, 0.6) is 0 Å². The fourth-order valence-electron chi connectivity index (χ4n) is 6.33. The molecule has 0 spiro atoms. The standard InChI is InChI=1S/6C6F5.C3H4N2.2Al/c6*7-2-1-3(8)5(10)6(11)4(2)9;1-2-5-3-4-1;;/h;;;;;;1-3H,(H,4,5);;. The van der Waals surface area contributed by atoms with Gasteiger partial charge in [0.15, 0.2) is 175 Å². The van der Waals surface area contributed by atoms with E-state index in [4.69, 9.17) is 0 Å². The third-order valence-electron chi connectivity index (χ3n) is 9.60. The van der Waals surface area contributed by atoms with E-state index >= 15 is 0 Å². The normalized spacial score (nSPS) is 11.2. The number of benzene rings is 6. The van der Waals surface area contributed by atoms with E-state index in [-0.39, 0.29) is 0 Å². The number of nitrogens with zero attached hydrogens (tertiary/aromatic N) is 1. The molecule has 0 fully saturated rings. The van der Waals surface area contributed by atoms with Crippen molar-refractivity contribution in [3.63, 3.8) is 0 Å². The predicted octanol–water partition coefficient (Wildman–Crippen LogP) is 8.99. The summed E-state index contributed by atoms with van der Waals surface area (Å²) in [6.45, 7) is 0. The second-order valence-electron chi connectivity index (χ2n) is 13.5. The van der Waals surface area contributed by atoms with Gasteiger partial charge in [0, 0.05) is 12.4 Å². The monoisotopic (exact) mass is 1120 g/mol. The minimum atomic E-state index is -5.96. The molecule has 0 saturated heterocycles. The number of aromatic amines is 1. The van der Waals surface area contributed by atoms with E-state index in [0.29, 0.717) is 0 Å². The van der Waals surface area contributed by atoms with Crippen molar-refractivity contribution in [3.05, 3.63) is 193 Å². The summed E-state index contributed by atoms with van der Waals surface area (Å²) in [6.07, 6.45) is 5.08. The van der Waals surface area contributed by atoms with E-state index in [2.05, 4.69) is 9.97 Å². The van der Waals surface area contributed by atoms with Crippen LogP contribution in [0.15, 0.2) is 18.7 Å². The first-order chi connectivity index (χ1) is 33.8. The Morgan fingerprint density at radius 1 is 0.205 bits per heavy atom. The molecule has 0 amide bonds. The summed E-state index contributed by atoms with van der Waals surface area (Å²) < 4.78 is 403. The topological polar surface area (TPSA) is 28.7 Å². The van der Waals surface area contributed by atoms with Crippen molar-refractivity contribution >= 4 is 54.8 Å². The summed E-state index contributed by atoms with van der Waals surface area (Å²) in [5.41, 5.74) is 0. The molecule has 0 aliphatic carbocycles. The summed E-state index contributed by atoms with van der Waals surface area (Å²) in [5, 5.41) is 0. The molecule has 7 aromatic rings. The zero-order valence-electron chi connectivity index (χ0n) is 33.2. The minimum Gasteiger partial charge on any atom is -0.351 e. The van der Waals surface area contributed by atoms with E-state index in [1.807, 2.05) is 0 Å². The summed E-state index contributed by atoms with van der Waals surface area (Å²) in [6, 6.07) is 0. The lowest BCUT2D eigenvalue weighted by Crippen LogP contribution is -2.60. The highest BCUT2D eigenvalue weighted by atomic mass is 27.2. The number of aromatic nitrogens is 2. The molecule has 0 radical (unpaired) electrons. The fraction of sp³-hybridized carbons (Fsp3) is 0. The lowest BCUT2D eigenvalue weighted by atomic mass is 10.3. The molecule has 34 heteroatoms. The molecular weight excluding hydrogens is 1120 g/mol. The molecule has 6 aromatic carbocycles. The lowest BCUT2D eigenvalue weighted by Gasteiger charge is -2.20. The zero-order valence-corrected chi connectivity index (χ0v) is 35.5. The van der Waals surface area contributed by atoms with Crippen LogP contribution in [0.25, 0.3) is 0 Å². The molecule has 73 heavy (non-hydrogen) atoms. The second-order valence-corrected chi connectivity index (χ2v) is 18.7. The summed E-state index contributed by atoms with van der Waals surface area (Å²) in [7, 11) is 0. The molecular formula is C39H4Al2F30N2. The number of rotatable bonds is 6. The molecule has 0 saturated carbocycles. The van der Waals surface area contributed by atoms with Crippen LogP contribution in [0, 0.1) is 175 Å². The maximum atomic E-state index is 14.4. The fourth-order valence-corrected chi connectivity index (χ4v) is 12.6. The highest BCUT2D eigenvalue weighted by Gasteiger charge is 2.49. The maximum absolute atomic E-state index is 14.4. The smallest absolute Gasteiger partial charge is 0.351 e. The van der Waals surface area contributed by atoms with Gasteiger partial charge in [-0.2, -0.15) is 0 Å². The molecule has 0 atom stereocenters. The Morgan fingerprint density at radius 3 is 0.411 bits per heavy atom. The Balaban J connectivity index is 0.000000246. The van der Waals surface area contributed by atoms with Crippen molar-refractivity contribution in [1.29, 1.82) is 0 Å². The largest absolute Gasteiger partial charge is 0.413 e. The highest BCUT2D eigenvalue weighted by Crippen LogP contribution is 2.26. The molecule has 1 aromatic heterocycles. The Hall–Kier alpha value is -6.51. The van der Waals surface area contributed by atoms with Gasteiger partial charge in [0.1, 0.15) is 0 Å². The van der Waals surface area contributed by atoms with Gasteiger partial charge in [-0.15, -0.1) is 0 Å². The van der Waals surface area contributed by atoms with Crippen LogP contribution in [-0.2, 0) is 0 Å². The van der Waals surface area contributed by atoms with Crippen LogP contribution >= 0.6 is 0 Å². The third-order valence-corrected chi connectivity index (χ3v) is 16.1. The zero-order chi connectivity index (χ0) is 55.5. The van der Waals surface area contributed by atoms with Gasteiger partial charge in [-0.1, -0.05) is 0 Å². The van der Waals surface area contributed by atoms with Gasteiger partial charge >= 0.3 is 28.3 Å². The third kappa shape index (κ3) is 9.53. The molecule has 7 rings (SSSR count). The Bertz CT molecular complexity index is 2650. The van der Waals surface area contributed by atoms with Gasteiger partial charge in [0.2, 0.25) is 0 Å². The van der Waals surface area contributed by atoms with Crippen LogP contribution < -0.4 is 26.6 Å². The molecule has 0 bridgehead atoms. The van der Waals surface area contributed by atoms with E-state index in [9.17, 15) is 132 Å². The number of halogens is 30. The van der Waals surface area contributed by atoms with Gasteiger partial charge in [0.25, 0.3) is 0 Å². The van der Waals surface area contributed by atoms with E-state index in [1.54, 1.807) is 18.7 Å². The number of H-pyrrole nitrogens is 1. The molecule has 386 valence electrons. The van der Waals surface area contributed by atoms with Crippen LogP contribution in [0.1, 0.15) is 0 Å². The van der Waals surface area contributed by atoms with Crippen LogP contribution in [-0.4, -0.2) is 38.3 Å². The molecule has 0 aliphatic heterocycles. The number of hydrogen-bond acceptors (Lipinski definition) is 1. The molecule has 1 N–H and O–H groups in total. The van der Waals surface area contributed by atoms with E-state index in [1.165, 1.54) is 0 Å². The molecule has 0 unspecified atom stereocenters. The van der Waals surface area contributed by atoms with Gasteiger partial charge in [-0.05, 0) is 26.6 Å². The average molecular weight is 1120 g/mol. The van der Waals surface area contributed by atoms with Gasteiger partial charge < -0.3 is 4.98 Å². The van der Waals surface area contributed by atoms with Crippen LogP contribution in [0.4, 0.5) is 132 Å². The Labute approximate surface area is 389 Å². The second kappa shape index (κ2) is 21.5. The van der Waals surface area contributed by atoms with E-state index < -0.39 is 229 Å². The van der Waals surface area contributed by atoms with Crippen molar-refractivity contribution in [2.75, 3.05) is 0 Å². The average Bonchev–Trinajstić information content (AvgIpc) is 3.97. The highest BCUT2D eigenvalue weighted by molar-refractivity contribution is 6.96. The predicted molar refractivity (Wildman–Crippen MR) is 185 cm³/mol. The quantitative estimate of drug-likeness (QED) is 0.0767. The van der Waals surface area contributed by atoms with Gasteiger partial charge in [0.05, 0.1) is 6.33 Å². The number of imidazole rings is 1. The SMILES string of the molecule is Fc1c(F)c(F)[c]([Al]([c]2c(F)c(F)c(F)c(F)c2F)[c]2c(F)c(F)c(F)c(F)c2F)c(F)c1F.Fc1c(F)c(F)[c]([Al]([c]2c(F)c(F)c(F)c(F)c2F)[c]2c(F)c(F)c(F)c(F)c2F)c(F)c1F.c1c[nH]cn1.